The average Bonchev–Trinajstić information content (AvgIpc) is 2.89. The maximum Gasteiger partial charge on any atom is 0.325 e. The Kier molecular flexibility index (Phi) is 4.33. The molecule has 0 saturated carbocycles. The molecule has 28 heavy (non-hydrogen) atoms. The minimum Gasteiger partial charge on any atom is -0.322 e. The molecule has 8 heteroatoms. The first-order valence-electron chi connectivity index (χ1n) is 8.88. The number of hydrogen-bond acceptors (Lipinski definition) is 3. The molecule has 144 valence electrons. The molecular formula is C20H17F2N3O3. The summed E-state index contributed by atoms with van der Waals surface area (Å²) >= 11 is 0. The zero-order valence-corrected chi connectivity index (χ0v) is 14.8. The van der Waals surface area contributed by atoms with Crippen molar-refractivity contribution in [3.63, 3.8) is 0 Å². The maximum absolute atomic E-state index is 13.7. The number of imide groups is 1. The molecule has 2 aromatic rings. The molecule has 1 spiro atoms. The quantitative estimate of drug-likeness (QED) is 0.798. The first-order valence-corrected chi connectivity index (χ1v) is 8.88. The normalized spacial score (nSPS) is 20.9. The summed E-state index contributed by atoms with van der Waals surface area (Å²) in [6.07, 6.45) is 1.98. The van der Waals surface area contributed by atoms with Gasteiger partial charge in [-0.3, -0.25) is 14.5 Å². The van der Waals surface area contributed by atoms with Crippen LogP contribution in [0.25, 0.3) is 0 Å². The molecule has 1 saturated heterocycles. The third kappa shape index (κ3) is 2.90. The van der Waals surface area contributed by atoms with Gasteiger partial charge >= 0.3 is 6.03 Å². The lowest BCUT2D eigenvalue weighted by Gasteiger charge is -2.33. The molecule has 1 aliphatic carbocycles. The van der Waals surface area contributed by atoms with Crippen LogP contribution in [0.1, 0.15) is 24.0 Å². The van der Waals surface area contributed by atoms with Crippen molar-refractivity contribution in [2.45, 2.75) is 24.8 Å². The summed E-state index contributed by atoms with van der Waals surface area (Å²) in [6, 6.07) is 9.45. The summed E-state index contributed by atoms with van der Waals surface area (Å²) in [5.74, 6) is -2.97. The summed E-state index contributed by atoms with van der Waals surface area (Å²) < 4.78 is 26.7. The predicted molar refractivity (Wildman–Crippen MR) is 96.3 cm³/mol. The number of rotatable bonds is 3. The minimum atomic E-state index is -1.17. The van der Waals surface area contributed by atoms with E-state index in [0.717, 1.165) is 41.0 Å². The summed E-state index contributed by atoms with van der Waals surface area (Å²) in [7, 11) is 0. The third-order valence-corrected chi connectivity index (χ3v) is 5.16. The van der Waals surface area contributed by atoms with Crippen molar-refractivity contribution >= 4 is 23.5 Å². The van der Waals surface area contributed by atoms with Gasteiger partial charge in [-0.2, -0.15) is 0 Å². The van der Waals surface area contributed by atoms with E-state index in [1.807, 2.05) is 18.2 Å². The van der Waals surface area contributed by atoms with E-state index < -0.39 is 41.6 Å². The second kappa shape index (κ2) is 6.70. The number of hydrogen-bond donors (Lipinski definition) is 2. The number of urea groups is 1. The molecule has 2 aromatic carbocycles. The van der Waals surface area contributed by atoms with Gasteiger partial charge in [0.2, 0.25) is 5.91 Å². The minimum absolute atomic E-state index is 0.226. The standard InChI is InChI=1S/C20H17F2N3O3/c21-13-7-8-16(15(22)10-13)23-17(26)11-25-18(27)20(24-19(25)28)9-3-5-12-4-1-2-6-14(12)20/h1-2,4,6-8,10H,3,5,9,11H2,(H,23,26)(H,24,28)/t20-/m0/s1. The molecule has 1 aliphatic heterocycles. The average molecular weight is 385 g/mol. The molecule has 1 fully saturated rings. The summed E-state index contributed by atoms with van der Waals surface area (Å²) in [6.45, 7) is -0.564. The lowest BCUT2D eigenvalue weighted by Crippen LogP contribution is -2.47. The molecule has 0 radical (unpaired) electrons. The van der Waals surface area contributed by atoms with E-state index in [0.29, 0.717) is 12.5 Å². The highest BCUT2D eigenvalue weighted by Crippen LogP contribution is 2.39. The highest BCUT2D eigenvalue weighted by atomic mass is 19.1. The number of halogens is 2. The molecule has 4 rings (SSSR count). The van der Waals surface area contributed by atoms with Gasteiger partial charge in [-0.25, -0.2) is 13.6 Å². The van der Waals surface area contributed by atoms with Crippen molar-refractivity contribution in [3.05, 3.63) is 65.2 Å². The largest absolute Gasteiger partial charge is 0.325 e. The van der Waals surface area contributed by atoms with Gasteiger partial charge in [-0.05, 0) is 42.5 Å². The summed E-state index contributed by atoms with van der Waals surface area (Å²) in [5.41, 5.74) is 0.332. The molecule has 1 atom stereocenters. The van der Waals surface area contributed by atoms with Gasteiger partial charge in [0.15, 0.2) is 0 Å². The second-order valence-corrected chi connectivity index (χ2v) is 6.91. The molecule has 2 N–H and O–H groups in total. The van der Waals surface area contributed by atoms with E-state index in [2.05, 4.69) is 10.6 Å². The van der Waals surface area contributed by atoms with Crippen LogP contribution in [0.5, 0.6) is 0 Å². The van der Waals surface area contributed by atoms with E-state index in [1.54, 1.807) is 6.07 Å². The lowest BCUT2D eigenvalue weighted by atomic mass is 9.76. The molecule has 0 unspecified atom stereocenters. The smallest absolute Gasteiger partial charge is 0.322 e. The van der Waals surface area contributed by atoms with Gasteiger partial charge in [-0.1, -0.05) is 24.3 Å². The van der Waals surface area contributed by atoms with Gasteiger partial charge in [-0.15, -0.1) is 0 Å². The van der Waals surface area contributed by atoms with Crippen LogP contribution in [0.3, 0.4) is 0 Å². The highest BCUT2D eigenvalue weighted by Gasteiger charge is 2.54. The molecule has 6 nitrogen and oxygen atoms in total. The van der Waals surface area contributed by atoms with Crippen molar-refractivity contribution < 1.29 is 23.2 Å². The van der Waals surface area contributed by atoms with E-state index in [9.17, 15) is 23.2 Å². The van der Waals surface area contributed by atoms with Crippen LogP contribution in [0.4, 0.5) is 19.3 Å². The predicted octanol–water partition coefficient (Wildman–Crippen LogP) is 2.69. The Bertz CT molecular complexity index is 994. The van der Waals surface area contributed by atoms with Gasteiger partial charge in [0.05, 0.1) is 5.69 Å². The van der Waals surface area contributed by atoms with Crippen molar-refractivity contribution in [3.8, 4) is 0 Å². The Labute approximate surface area is 159 Å². The van der Waals surface area contributed by atoms with Crippen LogP contribution >= 0.6 is 0 Å². The zero-order chi connectivity index (χ0) is 19.9. The Hall–Kier alpha value is -3.29. The topological polar surface area (TPSA) is 78.5 Å². The third-order valence-electron chi connectivity index (χ3n) is 5.16. The fourth-order valence-electron chi connectivity index (χ4n) is 3.88. The number of carbonyl (C=O) groups is 3. The van der Waals surface area contributed by atoms with Crippen molar-refractivity contribution in [1.82, 2.24) is 10.2 Å². The molecule has 2 aliphatic rings. The van der Waals surface area contributed by atoms with Gasteiger partial charge in [0.25, 0.3) is 5.91 Å². The number of aryl methyl sites for hydroxylation is 1. The molecular weight excluding hydrogens is 368 g/mol. The van der Waals surface area contributed by atoms with Crippen LogP contribution < -0.4 is 10.6 Å². The maximum atomic E-state index is 13.7. The molecule has 1 heterocycles. The molecule has 0 aromatic heterocycles. The Morgan fingerprint density at radius 1 is 1.18 bits per heavy atom. The van der Waals surface area contributed by atoms with Crippen molar-refractivity contribution in [2.24, 2.45) is 0 Å². The highest BCUT2D eigenvalue weighted by molar-refractivity contribution is 6.10. The monoisotopic (exact) mass is 385 g/mol. The van der Waals surface area contributed by atoms with Gasteiger partial charge < -0.3 is 10.6 Å². The van der Waals surface area contributed by atoms with E-state index in [4.69, 9.17) is 0 Å². The number of anilines is 1. The Balaban J connectivity index is 1.55. The number of benzene rings is 2. The van der Waals surface area contributed by atoms with Crippen molar-refractivity contribution in [2.75, 3.05) is 11.9 Å². The van der Waals surface area contributed by atoms with Crippen LogP contribution in [-0.4, -0.2) is 29.3 Å². The van der Waals surface area contributed by atoms with Crippen LogP contribution in [0.2, 0.25) is 0 Å². The van der Waals surface area contributed by atoms with Crippen LogP contribution in [-0.2, 0) is 21.5 Å². The van der Waals surface area contributed by atoms with Crippen molar-refractivity contribution in [1.29, 1.82) is 0 Å². The number of nitrogens with zero attached hydrogens (tertiary/aromatic N) is 1. The summed E-state index contributed by atoms with van der Waals surface area (Å²) in [4.78, 5) is 38.7. The van der Waals surface area contributed by atoms with Gasteiger partial charge in [0, 0.05) is 6.07 Å². The van der Waals surface area contributed by atoms with Gasteiger partial charge in [0.1, 0.15) is 23.7 Å². The van der Waals surface area contributed by atoms with E-state index >= 15 is 0 Å². The van der Waals surface area contributed by atoms with Crippen LogP contribution in [0, 0.1) is 11.6 Å². The Morgan fingerprint density at radius 2 is 1.96 bits per heavy atom. The SMILES string of the molecule is O=C(CN1C(=O)N[C@]2(CCCc3ccccc32)C1=O)Nc1ccc(F)cc1F. The second-order valence-electron chi connectivity index (χ2n) is 6.91. The first kappa shape index (κ1) is 18.1. The number of fused-ring (bicyclic) bond motifs is 2. The zero-order valence-electron chi connectivity index (χ0n) is 14.8. The lowest BCUT2D eigenvalue weighted by molar-refractivity contribution is -0.134. The van der Waals surface area contributed by atoms with Crippen LogP contribution in [0.15, 0.2) is 42.5 Å². The number of carbonyl (C=O) groups excluding carboxylic acids is 3. The fraction of sp³-hybridized carbons (Fsp3) is 0.250. The van der Waals surface area contributed by atoms with E-state index in [-0.39, 0.29) is 5.69 Å². The number of nitrogens with one attached hydrogen (secondary N) is 2. The summed E-state index contributed by atoms with van der Waals surface area (Å²) in [5, 5.41) is 5.01. The molecule has 0 bridgehead atoms. The fourth-order valence-corrected chi connectivity index (χ4v) is 3.88. The first-order chi connectivity index (χ1) is 13.4. The molecule has 4 amide bonds. The number of amides is 4. The Morgan fingerprint density at radius 3 is 2.75 bits per heavy atom. The van der Waals surface area contributed by atoms with E-state index in [1.165, 1.54) is 0 Å².